The van der Waals surface area contributed by atoms with E-state index in [0.29, 0.717) is 28.8 Å². The van der Waals surface area contributed by atoms with Crippen molar-refractivity contribution in [3.63, 3.8) is 0 Å². The van der Waals surface area contributed by atoms with Gasteiger partial charge >= 0.3 is 11.1 Å². The first-order valence-electron chi connectivity index (χ1n) is 10.5. The number of hydrogen-bond acceptors (Lipinski definition) is 5. The largest absolute Gasteiger partial charge is 0.322 e. The SMILES string of the molecule is CCn1c(=O)c(=O)[nH]c2cc(C(=O)Nc3ccc(-c4nc5ccc(C)cc5s4)cc3)ccc21. The molecule has 0 saturated carbocycles. The molecule has 0 aliphatic carbocycles. The summed E-state index contributed by atoms with van der Waals surface area (Å²) in [6, 6.07) is 18.6. The van der Waals surface area contributed by atoms with Gasteiger partial charge in [0.15, 0.2) is 0 Å². The molecule has 5 rings (SSSR count). The molecule has 33 heavy (non-hydrogen) atoms. The lowest BCUT2D eigenvalue weighted by atomic mass is 10.1. The molecule has 2 heterocycles. The molecule has 0 saturated heterocycles. The minimum atomic E-state index is -0.706. The van der Waals surface area contributed by atoms with Crippen molar-refractivity contribution in [1.29, 1.82) is 0 Å². The zero-order chi connectivity index (χ0) is 23.1. The molecule has 3 aromatic carbocycles. The minimum Gasteiger partial charge on any atom is -0.322 e. The maximum atomic E-state index is 12.8. The van der Waals surface area contributed by atoms with Crippen LogP contribution in [0.2, 0.25) is 0 Å². The number of fused-ring (bicyclic) bond motifs is 2. The predicted molar refractivity (Wildman–Crippen MR) is 132 cm³/mol. The Balaban J connectivity index is 1.39. The summed E-state index contributed by atoms with van der Waals surface area (Å²) in [6.45, 7) is 4.22. The molecule has 8 heteroatoms. The monoisotopic (exact) mass is 456 g/mol. The molecule has 164 valence electrons. The normalized spacial score (nSPS) is 11.2. The van der Waals surface area contributed by atoms with Crippen LogP contribution in [0.4, 0.5) is 5.69 Å². The van der Waals surface area contributed by atoms with Gasteiger partial charge < -0.3 is 14.9 Å². The third kappa shape index (κ3) is 3.85. The number of rotatable bonds is 4. The molecule has 2 aromatic heterocycles. The standard InChI is InChI=1S/C25H20N4O3S/c1-3-29-20-11-7-16(13-19(20)27-23(31)25(29)32)22(30)26-17-8-5-15(6-9-17)24-28-18-10-4-14(2)12-21(18)33-24/h4-13H,3H2,1-2H3,(H,26,30)(H,27,31). The summed E-state index contributed by atoms with van der Waals surface area (Å²) in [6.07, 6.45) is 0. The molecule has 0 aliphatic heterocycles. The topological polar surface area (TPSA) is 96.9 Å². The number of carbonyl (C=O) groups excluding carboxylic acids is 1. The highest BCUT2D eigenvalue weighted by molar-refractivity contribution is 7.21. The first kappa shape index (κ1) is 20.8. The number of H-pyrrole nitrogens is 1. The Kier molecular flexibility index (Phi) is 5.14. The Hall–Kier alpha value is -4.04. The Bertz CT molecular complexity index is 1650. The fraction of sp³-hybridized carbons (Fsp3) is 0.120. The Labute approximate surface area is 192 Å². The molecule has 5 aromatic rings. The lowest BCUT2D eigenvalue weighted by Gasteiger charge is -2.09. The maximum absolute atomic E-state index is 12.8. The van der Waals surface area contributed by atoms with Crippen molar-refractivity contribution in [2.75, 3.05) is 5.32 Å². The third-order valence-electron chi connectivity index (χ3n) is 5.49. The highest BCUT2D eigenvalue weighted by atomic mass is 32.1. The smallest absolute Gasteiger partial charge is 0.316 e. The van der Waals surface area contributed by atoms with Gasteiger partial charge in [-0.3, -0.25) is 14.4 Å². The van der Waals surface area contributed by atoms with Crippen LogP contribution >= 0.6 is 11.3 Å². The van der Waals surface area contributed by atoms with Crippen LogP contribution in [0.1, 0.15) is 22.8 Å². The summed E-state index contributed by atoms with van der Waals surface area (Å²) in [5, 5.41) is 3.80. The van der Waals surface area contributed by atoms with Gasteiger partial charge in [-0.2, -0.15) is 0 Å². The fourth-order valence-corrected chi connectivity index (χ4v) is 4.86. The van der Waals surface area contributed by atoms with Crippen molar-refractivity contribution >= 4 is 44.2 Å². The van der Waals surface area contributed by atoms with E-state index in [0.717, 1.165) is 20.8 Å². The Morgan fingerprint density at radius 3 is 2.61 bits per heavy atom. The van der Waals surface area contributed by atoms with E-state index in [1.807, 2.05) is 36.4 Å². The van der Waals surface area contributed by atoms with E-state index in [4.69, 9.17) is 4.98 Å². The average molecular weight is 457 g/mol. The van der Waals surface area contributed by atoms with Gasteiger partial charge in [0.1, 0.15) is 5.01 Å². The molecule has 0 fully saturated rings. The van der Waals surface area contributed by atoms with Gasteiger partial charge in [0.25, 0.3) is 5.91 Å². The Morgan fingerprint density at radius 1 is 1.06 bits per heavy atom. The molecule has 0 atom stereocenters. The molecule has 0 unspecified atom stereocenters. The van der Waals surface area contributed by atoms with Crippen molar-refractivity contribution in [2.45, 2.75) is 20.4 Å². The quantitative estimate of drug-likeness (QED) is 0.388. The fourth-order valence-electron chi connectivity index (χ4n) is 3.79. The van der Waals surface area contributed by atoms with E-state index in [-0.39, 0.29) is 5.91 Å². The predicted octanol–water partition coefficient (Wildman–Crippen LogP) is 4.55. The number of nitrogens with zero attached hydrogens (tertiary/aromatic N) is 2. The highest BCUT2D eigenvalue weighted by Gasteiger charge is 2.12. The van der Waals surface area contributed by atoms with Crippen LogP contribution in [0.25, 0.3) is 31.8 Å². The lowest BCUT2D eigenvalue weighted by Crippen LogP contribution is -2.36. The van der Waals surface area contributed by atoms with Crippen LogP contribution in [-0.4, -0.2) is 20.4 Å². The molecule has 7 nitrogen and oxygen atoms in total. The summed E-state index contributed by atoms with van der Waals surface area (Å²) in [4.78, 5) is 44.0. The number of nitrogens with one attached hydrogen (secondary N) is 2. The number of anilines is 1. The van der Waals surface area contributed by atoms with Crippen molar-refractivity contribution in [3.8, 4) is 10.6 Å². The summed E-state index contributed by atoms with van der Waals surface area (Å²) in [5.74, 6) is -0.310. The van der Waals surface area contributed by atoms with Gasteiger partial charge in [0.05, 0.1) is 21.3 Å². The van der Waals surface area contributed by atoms with Crippen LogP contribution in [0.15, 0.2) is 70.3 Å². The van der Waals surface area contributed by atoms with Crippen molar-refractivity contribution in [3.05, 3.63) is 92.5 Å². The average Bonchev–Trinajstić information content (AvgIpc) is 3.23. The number of amides is 1. The van der Waals surface area contributed by atoms with Gasteiger partial charge in [0.2, 0.25) is 0 Å². The van der Waals surface area contributed by atoms with Gasteiger partial charge in [-0.05, 0) is 74.0 Å². The van der Waals surface area contributed by atoms with Gasteiger partial charge in [0, 0.05) is 23.4 Å². The van der Waals surface area contributed by atoms with Gasteiger partial charge in [-0.15, -0.1) is 11.3 Å². The van der Waals surface area contributed by atoms with Crippen molar-refractivity contribution in [1.82, 2.24) is 14.5 Å². The molecule has 1 amide bonds. The summed E-state index contributed by atoms with van der Waals surface area (Å²) < 4.78 is 2.53. The second kappa shape index (κ2) is 8.14. The summed E-state index contributed by atoms with van der Waals surface area (Å²) in [5.41, 5.74) is 3.88. The van der Waals surface area contributed by atoms with Crippen LogP contribution in [-0.2, 0) is 6.54 Å². The van der Waals surface area contributed by atoms with Crippen LogP contribution < -0.4 is 16.4 Å². The molecule has 2 N–H and O–H groups in total. The summed E-state index contributed by atoms with van der Waals surface area (Å²) in [7, 11) is 0. The zero-order valence-corrected chi connectivity index (χ0v) is 18.8. The number of carbonyl (C=O) groups is 1. The van der Waals surface area contributed by atoms with E-state index >= 15 is 0 Å². The summed E-state index contributed by atoms with van der Waals surface area (Å²) >= 11 is 1.64. The van der Waals surface area contributed by atoms with E-state index < -0.39 is 11.1 Å². The maximum Gasteiger partial charge on any atom is 0.316 e. The number of aromatic nitrogens is 3. The van der Waals surface area contributed by atoms with Crippen LogP contribution in [0, 0.1) is 6.92 Å². The van der Waals surface area contributed by atoms with Crippen molar-refractivity contribution < 1.29 is 4.79 Å². The van der Waals surface area contributed by atoms with E-state index in [2.05, 4.69) is 23.3 Å². The Morgan fingerprint density at radius 2 is 1.85 bits per heavy atom. The molecule has 0 radical (unpaired) electrons. The van der Waals surface area contributed by atoms with Gasteiger partial charge in [-0.1, -0.05) is 6.07 Å². The number of hydrogen-bond donors (Lipinski definition) is 2. The minimum absolute atomic E-state index is 0.310. The van der Waals surface area contributed by atoms with Crippen LogP contribution in [0.3, 0.4) is 0 Å². The third-order valence-corrected chi connectivity index (χ3v) is 6.55. The first-order valence-corrected chi connectivity index (χ1v) is 11.3. The molecule has 0 bridgehead atoms. The molecule has 0 aliphatic rings. The molecular weight excluding hydrogens is 436 g/mol. The molecule has 0 spiro atoms. The lowest BCUT2D eigenvalue weighted by molar-refractivity contribution is 0.102. The zero-order valence-electron chi connectivity index (χ0n) is 18.0. The van der Waals surface area contributed by atoms with E-state index in [1.165, 1.54) is 10.1 Å². The van der Waals surface area contributed by atoms with Gasteiger partial charge in [-0.25, -0.2) is 4.98 Å². The number of benzene rings is 3. The van der Waals surface area contributed by atoms with Crippen molar-refractivity contribution in [2.24, 2.45) is 0 Å². The second-order valence-electron chi connectivity index (χ2n) is 7.76. The van der Waals surface area contributed by atoms with E-state index in [1.54, 1.807) is 36.5 Å². The second-order valence-corrected chi connectivity index (χ2v) is 8.79. The van der Waals surface area contributed by atoms with E-state index in [9.17, 15) is 14.4 Å². The number of aryl methyl sites for hydroxylation is 2. The first-order chi connectivity index (χ1) is 15.9. The van der Waals surface area contributed by atoms with Crippen LogP contribution in [0.5, 0.6) is 0 Å². The number of aromatic amines is 1. The highest BCUT2D eigenvalue weighted by Crippen LogP contribution is 2.31. The number of thiazole rings is 1. The molecular formula is C25H20N4O3S.